The van der Waals surface area contributed by atoms with Gasteiger partial charge in [-0.15, -0.1) is 0 Å². The second-order valence-corrected chi connectivity index (χ2v) is 7.70. The number of rotatable bonds is 6. The number of benzene rings is 2. The highest BCUT2D eigenvalue weighted by molar-refractivity contribution is 6.44. The van der Waals surface area contributed by atoms with Crippen LogP contribution in [0.1, 0.15) is 12.5 Å². The molecule has 0 bridgehead atoms. The van der Waals surface area contributed by atoms with Crippen LogP contribution in [0.25, 0.3) is 0 Å². The van der Waals surface area contributed by atoms with Crippen LogP contribution in [0.2, 0.25) is 10.0 Å². The second-order valence-electron chi connectivity index (χ2n) is 6.91. The first-order chi connectivity index (χ1) is 13.5. The van der Waals surface area contributed by atoms with E-state index in [-0.39, 0.29) is 11.9 Å². The molecule has 3 rings (SSSR count). The maximum atomic E-state index is 12.7. The minimum Gasteiger partial charge on any atom is -0.378 e. The molecule has 1 aliphatic rings. The van der Waals surface area contributed by atoms with Crippen molar-refractivity contribution in [3.63, 3.8) is 0 Å². The summed E-state index contributed by atoms with van der Waals surface area (Å²) in [6.45, 7) is 5.78. The minimum absolute atomic E-state index is 0.129. The van der Waals surface area contributed by atoms with Gasteiger partial charge < -0.3 is 15.0 Å². The van der Waals surface area contributed by atoms with Gasteiger partial charge in [-0.05, 0) is 37.7 Å². The molecular formula is C21H25Cl2N3O2. The molecule has 1 atom stereocenters. The van der Waals surface area contributed by atoms with E-state index in [1.54, 1.807) is 18.2 Å². The Morgan fingerprint density at radius 3 is 2.64 bits per heavy atom. The van der Waals surface area contributed by atoms with E-state index in [4.69, 9.17) is 27.9 Å². The molecule has 0 aliphatic carbocycles. The van der Waals surface area contributed by atoms with Crippen LogP contribution < -0.4 is 10.2 Å². The number of carbonyl (C=O) groups excluding carboxylic acids is 1. The summed E-state index contributed by atoms with van der Waals surface area (Å²) in [5.74, 6) is -0.129. The first-order valence-corrected chi connectivity index (χ1v) is 10.1. The molecule has 0 radical (unpaired) electrons. The topological polar surface area (TPSA) is 44.8 Å². The van der Waals surface area contributed by atoms with Crippen LogP contribution in [0, 0.1) is 0 Å². The Morgan fingerprint density at radius 2 is 1.89 bits per heavy atom. The fraction of sp³-hybridized carbons (Fsp3) is 0.381. The maximum absolute atomic E-state index is 12.7. The van der Waals surface area contributed by atoms with Gasteiger partial charge in [0.05, 0.1) is 35.0 Å². The lowest BCUT2D eigenvalue weighted by Crippen LogP contribution is -2.40. The van der Waals surface area contributed by atoms with Gasteiger partial charge in [-0.25, -0.2) is 0 Å². The number of halogens is 2. The Kier molecular flexibility index (Phi) is 7.18. The van der Waals surface area contributed by atoms with Gasteiger partial charge in [-0.3, -0.25) is 9.69 Å². The monoisotopic (exact) mass is 421 g/mol. The highest BCUT2D eigenvalue weighted by Gasteiger charge is 2.22. The fourth-order valence-corrected chi connectivity index (χ4v) is 3.55. The normalized spacial score (nSPS) is 15.5. The molecule has 1 heterocycles. The summed E-state index contributed by atoms with van der Waals surface area (Å²) in [4.78, 5) is 17.1. The number of nitrogens with zero attached hydrogens (tertiary/aromatic N) is 2. The number of nitrogens with one attached hydrogen (secondary N) is 1. The van der Waals surface area contributed by atoms with Crippen LogP contribution in [-0.2, 0) is 16.1 Å². The van der Waals surface area contributed by atoms with Gasteiger partial charge >= 0.3 is 0 Å². The smallest absolute Gasteiger partial charge is 0.241 e. The van der Waals surface area contributed by atoms with Crippen LogP contribution in [0.3, 0.4) is 0 Å². The van der Waals surface area contributed by atoms with Crippen molar-refractivity contribution >= 4 is 40.5 Å². The lowest BCUT2D eigenvalue weighted by atomic mass is 10.1. The zero-order chi connectivity index (χ0) is 20.1. The van der Waals surface area contributed by atoms with Crippen LogP contribution in [0.15, 0.2) is 42.5 Å². The maximum Gasteiger partial charge on any atom is 0.241 e. The highest BCUT2D eigenvalue weighted by Crippen LogP contribution is 2.30. The molecule has 0 aromatic heterocycles. The number of likely N-dealkylation sites (N-methyl/N-ethyl adjacent to an activating group) is 1. The molecule has 1 amide bonds. The lowest BCUT2D eigenvalue weighted by Gasteiger charge is -2.32. The van der Waals surface area contributed by atoms with E-state index in [2.05, 4.69) is 22.3 Å². The predicted molar refractivity (Wildman–Crippen MR) is 115 cm³/mol. The number of anilines is 2. The van der Waals surface area contributed by atoms with E-state index in [0.29, 0.717) is 22.3 Å². The van der Waals surface area contributed by atoms with Crippen LogP contribution >= 0.6 is 23.2 Å². The molecular weight excluding hydrogens is 397 g/mol. The van der Waals surface area contributed by atoms with Gasteiger partial charge in [0.2, 0.25) is 5.91 Å². The Hall–Kier alpha value is -1.79. The van der Waals surface area contributed by atoms with Crippen LogP contribution in [0.4, 0.5) is 11.4 Å². The molecule has 1 N–H and O–H groups in total. The van der Waals surface area contributed by atoms with E-state index in [1.165, 1.54) is 11.3 Å². The number of hydrogen-bond acceptors (Lipinski definition) is 4. The van der Waals surface area contributed by atoms with Gasteiger partial charge in [-0.2, -0.15) is 0 Å². The second kappa shape index (κ2) is 9.61. The first kappa shape index (κ1) is 20.9. The zero-order valence-corrected chi connectivity index (χ0v) is 17.6. The van der Waals surface area contributed by atoms with Gasteiger partial charge in [0.25, 0.3) is 0 Å². The lowest BCUT2D eigenvalue weighted by molar-refractivity contribution is -0.120. The Bertz CT molecular complexity index is 825. The number of amides is 1. The van der Waals surface area contributed by atoms with Crippen molar-refractivity contribution in [2.24, 2.45) is 0 Å². The fourth-order valence-electron chi connectivity index (χ4n) is 3.20. The summed E-state index contributed by atoms with van der Waals surface area (Å²) in [5.41, 5.74) is 2.91. The summed E-state index contributed by atoms with van der Waals surface area (Å²) < 4.78 is 5.46. The summed E-state index contributed by atoms with van der Waals surface area (Å²) in [6, 6.07) is 13.2. The number of para-hydroxylation sites is 1. The number of morpholine rings is 1. The summed E-state index contributed by atoms with van der Waals surface area (Å²) in [7, 11) is 1.94. The molecule has 0 saturated carbocycles. The highest BCUT2D eigenvalue weighted by atomic mass is 35.5. The van der Waals surface area contributed by atoms with Crippen molar-refractivity contribution in [3.05, 3.63) is 58.1 Å². The van der Waals surface area contributed by atoms with Crippen molar-refractivity contribution in [1.82, 2.24) is 4.90 Å². The minimum atomic E-state index is -0.340. The summed E-state index contributed by atoms with van der Waals surface area (Å²) in [5, 5.41) is 3.64. The summed E-state index contributed by atoms with van der Waals surface area (Å²) >= 11 is 12.2. The molecule has 1 saturated heterocycles. The van der Waals surface area contributed by atoms with Gasteiger partial charge in [-0.1, -0.05) is 47.5 Å². The third kappa shape index (κ3) is 4.97. The molecule has 2 aromatic rings. The van der Waals surface area contributed by atoms with E-state index in [1.807, 2.05) is 31.0 Å². The number of ether oxygens (including phenoxy) is 1. The Balaban J connectivity index is 1.68. The third-order valence-electron chi connectivity index (χ3n) is 5.01. The van der Waals surface area contributed by atoms with Crippen molar-refractivity contribution in [2.75, 3.05) is 43.6 Å². The standard InChI is InChI=1S/C21H25Cl2N3O2/c1-15(21(27)24-18-8-5-7-17(22)20(18)23)25(2)14-16-6-3-4-9-19(16)26-10-12-28-13-11-26/h3-9,15H,10-14H2,1-2H3,(H,24,27). The van der Waals surface area contributed by atoms with Gasteiger partial charge in [0, 0.05) is 25.3 Å². The van der Waals surface area contributed by atoms with E-state index in [9.17, 15) is 4.79 Å². The van der Waals surface area contributed by atoms with E-state index in [0.717, 1.165) is 26.3 Å². The van der Waals surface area contributed by atoms with Crippen LogP contribution in [-0.4, -0.2) is 50.2 Å². The Morgan fingerprint density at radius 1 is 1.18 bits per heavy atom. The quantitative estimate of drug-likeness (QED) is 0.755. The SMILES string of the molecule is CC(C(=O)Nc1cccc(Cl)c1Cl)N(C)Cc1ccccc1N1CCOCC1. The van der Waals surface area contributed by atoms with E-state index < -0.39 is 0 Å². The van der Waals surface area contributed by atoms with Crippen molar-refractivity contribution in [3.8, 4) is 0 Å². The average molecular weight is 422 g/mol. The third-order valence-corrected chi connectivity index (χ3v) is 5.83. The molecule has 0 spiro atoms. The molecule has 5 nitrogen and oxygen atoms in total. The number of hydrogen-bond donors (Lipinski definition) is 1. The average Bonchev–Trinajstić information content (AvgIpc) is 2.71. The van der Waals surface area contributed by atoms with E-state index >= 15 is 0 Å². The van der Waals surface area contributed by atoms with Gasteiger partial charge in [0.1, 0.15) is 0 Å². The van der Waals surface area contributed by atoms with Crippen molar-refractivity contribution in [2.45, 2.75) is 19.5 Å². The predicted octanol–water partition coefficient (Wildman–Crippen LogP) is 4.29. The van der Waals surface area contributed by atoms with Crippen molar-refractivity contribution < 1.29 is 9.53 Å². The first-order valence-electron chi connectivity index (χ1n) is 9.33. The molecule has 7 heteroatoms. The largest absolute Gasteiger partial charge is 0.378 e. The zero-order valence-electron chi connectivity index (χ0n) is 16.1. The Labute approximate surface area is 176 Å². The molecule has 1 aliphatic heterocycles. The molecule has 1 unspecified atom stereocenters. The molecule has 28 heavy (non-hydrogen) atoms. The van der Waals surface area contributed by atoms with Crippen LogP contribution in [0.5, 0.6) is 0 Å². The van der Waals surface area contributed by atoms with Gasteiger partial charge in [0.15, 0.2) is 0 Å². The molecule has 2 aromatic carbocycles. The van der Waals surface area contributed by atoms with Crippen molar-refractivity contribution in [1.29, 1.82) is 0 Å². The molecule has 1 fully saturated rings. The molecule has 150 valence electrons. The summed E-state index contributed by atoms with van der Waals surface area (Å²) in [6.07, 6.45) is 0. The number of carbonyl (C=O) groups is 1.